The van der Waals surface area contributed by atoms with Gasteiger partial charge in [-0.3, -0.25) is 9.59 Å². The molecule has 3 N–H and O–H groups in total. The van der Waals surface area contributed by atoms with E-state index in [4.69, 9.17) is 5.11 Å². The predicted octanol–water partition coefficient (Wildman–Crippen LogP) is -0.277. The number of carbonyl (C=O) groups is 2. The number of piperidine rings is 1. The lowest BCUT2D eigenvalue weighted by Crippen LogP contribution is -2.46. The first-order valence-corrected chi connectivity index (χ1v) is 8.07. The molecule has 6 heteroatoms. The number of amides is 2. The van der Waals surface area contributed by atoms with E-state index in [2.05, 4.69) is 10.6 Å². The quantitative estimate of drug-likeness (QED) is 0.538. The van der Waals surface area contributed by atoms with E-state index in [1.807, 2.05) is 4.90 Å². The molecule has 0 unspecified atom stereocenters. The van der Waals surface area contributed by atoms with Crippen LogP contribution >= 0.6 is 0 Å². The highest BCUT2D eigenvalue weighted by atomic mass is 16.3. The van der Waals surface area contributed by atoms with E-state index >= 15 is 0 Å². The Balaban J connectivity index is 1.60. The molecule has 0 spiro atoms. The SMILES string of the molecule is O=C(NCCCO)C1CCN(C(=O)CNCC2CC2)CC1. The molecule has 2 rings (SSSR count). The van der Waals surface area contributed by atoms with Gasteiger partial charge in [0.2, 0.25) is 11.8 Å². The van der Waals surface area contributed by atoms with Crippen LogP contribution in [0, 0.1) is 11.8 Å². The summed E-state index contributed by atoms with van der Waals surface area (Å²) in [6, 6.07) is 0. The molecule has 0 bridgehead atoms. The minimum atomic E-state index is 0.00664. The van der Waals surface area contributed by atoms with Gasteiger partial charge in [0.15, 0.2) is 0 Å². The molecule has 1 saturated heterocycles. The predicted molar refractivity (Wildman–Crippen MR) is 79.6 cm³/mol. The highest BCUT2D eigenvalue weighted by Crippen LogP contribution is 2.27. The maximum absolute atomic E-state index is 12.0. The second-order valence-electron chi connectivity index (χ2n) is 6.10. The molecule has 1 heterocycles. The summed E-state index contributed by atoms with van der Waals surface area (Å²) in [5.41, 5.74) is 0. The standard InChI is InChI=1S/C15H27N3O3/c19-9-1-6-17-15(21)13-4-7-18(8-5-13)14(20)11-16-10-12-2-3-12/h12-13,16,19H,1-11H2,(H,17,21). The Labute approximate surface area is 126 Å². The second kappa shape index (κ2) is 8.34. The zero-order valence-corrected chi connectivity index (χ0v) is 12.6. The normalized spacial score (nSPS) is 19.6. The average molecular weight is 297 g/mol. The molecule has 2 amide bonds. The first-order valence-electron chi connectivity index (χ1n) is 8.07. The molecule has 1 aliphatic carbocycles. The largest absolute Gasteiger partial charge is 0.396 e. The molecule has 0 aromatic heterocycles. The highest BCUT2D eigenvalue weighted by Gasteiger charge is 2.27. The molecule has 6 nitrogen and oxygen atoms in total. The first kappa shape index (κ1) is 16.2. The zero-order chi connectivity index (χ0) is 15.1. The molecule has 1 aliphatic heterocycles. The van der Waals surface area contributed by atoms with E-state index in [0.717, 1.165) is 25.3 Å². The van der Waals surface area contributed by atoms with Crippen molar-refractivity contribution in [3.63, 3.8) is 0 Å². The summed E-state index contributed by atoms with van der Waals surface area (Å²) in [4.78, 5) is 25.8. The molecule has 2 aliphatic rings. The van der Waals surface area contributed by atoms with Crippen LogP contribution in [-0.4, -0.2) is 61.2 Å². The van der Waals surface area contributed by atoms with Gasteiger partial charge >= 0.3 is 0 Å². The van der Waals surface area contributed by atoms with Gasteiger partial charge in [-0.2, -0.15) is 0 Å². The fraction of sp³-hybridized carbons (Fsp3) is 0.867. The number of nitrogens with one attached hydrogen (secondary N) is 2. The molecule has 0 radical (unpaired) electrons. The van der Waals surface area contributed by atoms with Crippen LogP contribution in [0.2, 0.25) is 0 Å². The third-order valence-corrected chi connectivity index (χ3v) is 4.26. The number of likely N-dealkylation sites (tertiary alicyclic amines) is 1. The number of carbonyl (C=O) groups excluding carboxylic acids is 2. The second-order valence-corrected chi connectivity index (χ2v) is 6.10. The molecule has 1 saturated carbocycles. The Kier molecular flexibility index (Phi) is 6.45. The summed E-state index contributed by atoms with van der Waals surface area (Å²) in [6.07, 6.45) is 4.64. The summed E-state index contributed by atoms with van der Waals surface area (Å²) in [5.74, 6) is 0.996. The highest BCUT2D eigenvalue weighted by molar-refractivity contribution is 5.80. The van der Waals surface area contributed by atoms with Crippen molar-refractivity contribution in [2.24, 2.45) is 11.8 Å². The number of rotatable bonds is 8. The van der Waals surface area contributed by atoms with Gasteiger partial charge < -0.3 is 20.6 Å². The van der Waals surface area contributed by atoms with Crippen molar-refractivity contribution >= 4 is 11.8 Å². The van der Waals surface area contributed by atoms with Crippen molar-refractivity contribution in [1.82, 2.24) is 15.5 Å². The van der Waals surface area contributed by atoms with Crippen LogP contribution in [0.3, 0.4) is 0 Å². The Hall–Kier alpha value is -1.14. The number of nitrogens with zero attached hydrogens (tertiary/aromatic N) is 1. The van der Waals surface area contributed by atoms with Gasteiger partial charge in [0.05, 0.1) is 6.54 Å². The lowest BCUT2D eigenvalue weighted by Gasteiger charge is -2.31. The smallest absolute Gasteiger partial charge is 0.236 e. The summed E-state index contributed by atoms with van der Waals surface area (Å²) in [5, 5.41) is 14.7. The van der Waals surface area contributed by atoms with Gasteiger partial charge in [-0.1, -0.05) is 0 Å². The monoisotopic (exact) mass is 297 g/mol. The number of aliphatic hydroxyl groups is 1. The van der Waals surface area contributed by atoms with E-state index < -0.39 is 0 Å². The maximum Gasteiger partial charge on any atom is 0.236 e. The van der Waals surface area contributed by atoms with Gasteiger partial charge in [-0.05, 0) is 44.6 Å². The van der Waals surface area contributed by atoms with Crippen molar-refractivity contribution in [2.45, 2.75) is 32.1 Å². The van der Waals surface area contributed by atoms with E-state index in [-0.39, 0.29) is 24.3 Å². The van der Waals surface area contributed by atoms with Crippen molar-refractivity contribution in [1.29, 1.82) is 0 Å². The zero-order valence-electron chi connectivity index (χ0n) is 12.6. The Morgan fingerprint density at radius 3 is 2.48 bits per heavy atom. The van der Waals surface area contributed by atoms with Crippen molar-refractivity contribution in [3.05, 3.63) is 0 Å². The van der Waals surface area contributed by atoms with Gasteiger partial charge in [-0.15, -0.1) is 0 Å². The summed E-state index contributed by atoms with van der Waals surface area (Å²) in [6.45, 7) is 3.34. The third-order valence-electron chi connectivity index (χ3n) is 4.26. The molecular formula is C15H27N3O3. The van der Waals surface area contributed by atoms with Gasteiger partial charge in [-0.25, -0.2) is 0 Å². The van der Waals surface area contributed by atoms with Crippen LogP contribution in [0.15, 0.2) is 0 Å². The Morgan fingerprint density at radius 1 is 1.14 bits per heavy atom. The number of hydrogen-bond acceptors (Lipinski definition) is 4. The molecule has 21 heavy (non-hydrogen) atoms. The summed E-state index contributed by atoms with van der Waals surface area (Å²) < 4.78 is 0. The third kappa shape index (κ3) is 5.63. The molecule has 0 aromatic rings. The molecule has 0 atom stereocenters. The van der Waals surface area contributed by atoms with E-state index in [1.54, 1.807) is 0 Å². The van der Waals surface area contributed by atoms with Gasteiger partial charge in [0.1, 0.15) is 0 Å². The van der Waals surface area contributed by atoms with Crippen molar-refractivity contribution in [2.75, 3.05) is 39.3 Å². The van der Waals surface area contributed by atoms with E-state index in [1.165, 1.54) is 12.8 Å². The number of aliphatic hydroxyl groups excluding tert-OH is 1. The number of hydrogen-bond donors (Lipinski definition) is 3. The van der Waals surface area contributed by atoms with Crippen LogP contribution in [0.5, 0.6) is 0 Å². The Bertz CT molecular complexity index is 350. The van der Waals surface area contributed by atoms with Gasteiger partial charge in [0, 0.05) is 32.2 Å². The Morgan fingerprint density at radius 2 is 1.86 bits per heavy atom. The topological polar surface area (TPSA) is 81.7 Å². The molecule has 0 aromatic carbocycles. The fourth-order valence-electron chi connectivity index (χ4n) is 2.64. The van der Waals surface area contributed by atoms with Crippen LogP contribution in [0.4, 0.5) is 0 Å². The van der Waals surface area contributed by atoms with E-state index in [0.29, 0.717) is 32.6 Å². The lowest BCUT2D eigenvalue weighted by atomic mass is 9.96. The van der Waals surface area contributed by atoms with Gasteiger partial charge in [0.25, 0.3) is 0 Å². The van der Waals surface area contributed by atoms with E-state index in [9.17, 15) is 9.59 Å². The average Bonchev–Trinajstić information content (AvgIpc) is 3.31. The molecular weight excluding hydrogens is 270 g/mol. The first-order chi connectivity index (χ1) is 10.2. The summed E-state index contributed by atoms with van der Waals surface area (Å²) in [7, 11) is 0. The molecule has 120 valence electrons. The minimum absolute atomic E-state index is 0.00664. The maximum atomic E-state index is 12.0. The summed E-state index contributed by atoms with van der Waals surface area (Å²) >= 11 is 0. The lowest BCUT2D eigenvalue weighted by molar-refractivity contribution is -0.134. The van der Waals surface area contributed by atoms with Crippen molar-refractivity contribution < 1.29 is 14.7 Å². The minimum Gasteiger partial charge on any atom is -0.396 e. The van der Waals surface area contributed by atoms with Crippen LogP contribution in [0.1, 0.15) is 32.1 Å². The van der Waals surface area contributed by atoms with Crippen molar-refractivity contribution in [3.8, 4) is 0 Å². The van der Waals surface area contributed by atoms with Crippen LogP contribution in [0.25, 0.3) is 0 Å². The molecule has 2 fully saturated rings. The van der Waals surface area contributed by atoms with Crippen LogP contribution < -0.4 is 10.6 Å². The van der Waals surface area contributed by atoms with Crippen LogP contribution in [-0.2, 0) is 9.59 Å². The fourth-order valence-corrected chi connectivity index (χ4v) is 2.64.